The molecule has 1 amide bonds. The van der Waals surface area contributed by atoms with Crippen molar-refractivity contribution in [1.29, 1.82) is 0 Å². The molecule has 3 aliphatic heterocycles. The minimum Gasteiger partial charge on any atom is -0.394 e. The van der Waals surface area contributed by atoms with E-state index in [9.17, 15) is 61.0 Å². The van der Waals surface area contributed by atoms with Gasteiger partial charge in [0.15, 0.2) is 18.9 Å². The van der Waals surface area contributed by atoms with Crippen molar-refractivity contribution in [1.82, 2.24) is 5.32 Å². The van der Waals surface area contributed by atoms with Crippen LogP contribution in [0, 0.1) is 0 Å². The number of ether oxygens (including phenoxy) is 6. The number of aliphatic hydroxyl groups is 11. The molecule has 0 aromatic heterocycles. The number of aliphatic hydroxyl groups excluding tert-OH is 11. The van der Waals surface area contributed by atoms with Gasteiger partial charge in [0.1, 0.15) is 73.2 Å². The predicted octanol–water partition coefficient (Wildman–Crippen LogP) is 14.4. The van der Waals surface area contributed by atoms with Crippen LogP contribution in [0.2, 0.25) is 0 Å². The lowest BCUT2D eigenvalue weighted by Gasteiger charge is -2.48. The molecule has 3 saturated heterocycles. The van der Waals surface area contributed by atoms with E-state index in [1.165, 1.54) is 205 Å². The van der Waals surface area contributed by atoms with Gasteiger partial charge in [-0.15, -0.1) is 0 Å². The van der Waals surface area contributed by atoms with Crippen molar-refractivity contribution in [2.45, 2.75) is 426 Å². The molecular weight excluding hydrogens is 1310 g/mol. The summed E-state index contributed by atoms with van der Waals surface area (Å²) in [6, 6.07) is -0.983. The third-order valence-corrected chi connectivity index (χ3v) is 20.5. The van der Waals surface area contributed by atoms with Crippen molar-refractivity contribution < 1.29 is 89.4 Å². The summed E-state index contributed by atoms with van der Waals surface area (Å²) >= 11 is 0. The number of hydrogen-bond acceptors (Lipinski definition) is 18. The Labute approximate surface area is 623 Å². The van der Waals surface area contributed by atoms with Crippen LogP contribution in [-0.2, 0) is 33.2 Å². The predicted molar refractivity (Wildman–Crippen MR) is 411 cm³/mol. The van der Waals surface area contributed by atoms with Crippen LogP contribution in [0.3, 0.4) is 0 Å². The Bertz CT molecular complexity index is 2140. The Kier molecular flexibility index (Phi) is 58.8. The summed E-state index contributed by atoms with van der Waals surface area (Å²) in [7, 11) is 0. The highest BCUT2D eigenvalue weighted by Crippen LogP contribution is 2.33. The molecule has 0 spiro atoms. The molecule has 0 radical (unpaired) electrons. The highest BCUT2D eigenvalue weighted by molar-refractivity contribution is 5.76. The van der Waals surface area contributed by atoms with Gasteiger partial charge in [0.2, 0.25) is 5.91 Å². The lowest BCUT2D eigenvalue weighted by atomic mass is 9.96. The van der Waals surface area contributed by atoms with Gasteiger partial charge in [0.25, 0.3) is 0 Å². The maximum absolute atomic E-state index is 13.5. The van der Waals surface area contributed by atoms with Gasteiger partial charge in [-0.25, -0.2) is 0 Å². The fourth-order valence-electron chi connectivity index (χ4n) is 13.9. The zero-order valence-corrected chi connectivity index (χ0v) is 64.3. The third kappa shape index (κ3) is 43.9. The minimum atomic E-state index is -1.98. The summed E-state index contributed by atoms with van der Waals surface area (Å²) in [5.41, 5.74) is 0. The fourth-order valence-corrected chi connectivity index (χ4v) is 13.9. The van der Waals surface area contributed by atoms with E-state index >= 15 is 0 Å². The van der Waals surface area contributed by atoms with Crippen molar-refractivity contribution in [3.05, 3.63) is 72.9 Å². The normalized spacial score (nSPS) is 26.4. The van der Waals surface area contributed by atoms with Crippen LogP contribution in [0.5, 0.6) is 0 Å². The summed E-state index contributed by atoms with van der Waals surface area (Å²) in [6.45, 7) is 1.65. The number of nitrogens with one attached hydrogen (secondary N) is 1. The van der Waals surface area contributed by atoms with Gasteiger partial charge in [-0.05, 0) is 64.2 Å². The van der Waals surface area contributed by atoms with Gasteiger partial charge >= 0.3 is 0 Å². The van der Waals surface area contributed by atoms with Crippen LogP contribution in [0.15, 0.2) is 72.9 Å². The molecule has 17 unspecified atom stereocenters. The molecule has 0 aromatic rings. The van der Waals surface area contributed by atoms with Crippen molar-refractivity contribution in [2.24, 2.45) is 0 Å². The van der Waals surface area contributed by atoms with Gasteiger partial charge in [-0.2, -0.15) is 0 Å². The molecule has 3 heterocycles. The molecule has 19 heteroatoms. The maximum atomic E-state index is 13.5. The van der Waals surface area contributed by atoms with Crippen LogP contribution in [-0.4, -0.2) is 193 Å². The molecular formula is C84H151NO18. The van der Waals surface area contributed by atoms with Crippen LogP contribution < -0.4 is 5.32 Å². The second kappa shape index (κ2) is 64.1. The first kappa shape index (κ1) is 94.4. The molecule has 12 N–H and O–H groups in total. The van der Waals surface area contributed by atoms with Crippen LogP contribution in [0.25, 0.3) is 0 Å². The number of carbonyl (C=O) groups excluding carboxylic acids is 1. The smallest absolute Gasteiger partial charge is 0.220 e. The van der Waals surface area contributed by atoms with Crippen molar-refractivity contribution in [2.75, 3.05) is 26.4 Å². The number of hydrogen-bond donors (Lipinski definition) is 12. The number of rotatable bonds is 66. The molecule has 3 fully saturated rings. The lowest BCUT2D eigenvalue weighted by molar-refractivity contribution is -0.379. The van der Waals surface area contributed by atoms with Crippen molar-refractivity contribution in [3.8, 4) is 0 Å². The number of allylic oxidation sites excluding steroid dienone is 11. The molecule has 17 atom stereocenters. The molecule has 3 aliphatic rings. The van der Waals surface area contributed by atoms with Crippen LogP contribution >= 0.6 is 0 Å². The monoisotopic (exact) mass is 1460 g/mol. The van der Waals surface area contributed by atoms with Gasteiger partial charge in [0, 0.05) is 6.42 Å². The third-order valence-electron chi connectivity index (χ3n) is 20.5. The van der Waals surface area contributed by atoms with E-state index in [0.717, 1.165) is 89.9 Å². The first-order valence-corrected chi connectivity index (χ1v) is 41.7. The SMILES string of the molecule is CC/C=C\C/C=C\C/C=C\C/C=C\C/C=C\CCCCCCCCCCCC(=O)NC(COC1OC(CO)C(OC2OC(CO)C(OC3OC(CO)C(O)C(O)C3O)C(O)C2O)C(O)C1O)C(O)/C=C/CCCCCCCCCCCCCCCCCCCCCCCCCCCCCCCCC. The summed E-state index contributed by atoms with van der Waals surface area (Å²) in [5.74, 6) is -0.281. The Morgan fingerprint density at radius 2 is 0.670 bits per heavy atom. The quantitative estimate of drug-likeness (QED) is 0.0199. The van der Waals surface area contributed by atoms with Crippen LogP contribution in [0.1, 0.15) is 322 Å². The van der Waals surface area contributed by atoms with E-state index in [-0.39, 0.29) is 18.9 Å². The maximum Gasteiger partial charge on any atom is 0.220 e. The van der Waals surface area contributed by atoms with Gasteiger partial charge < -0.3 is 89.9 Å². The van der Waals surface area contributed by atoms with E-state index in [4.69, 9.17) is 28.4 Å². The standard InChI is InChI=1S/C84H151NO18/c1-3-5-7-9-11-13-15-17-19-21-23-25-27-29-30-31-32-33-34-35-36-38-39-41-43-45-47-49-51-53-55-57-59-61-68(89)67(85-72(90)62-60-58-56-54-52-50-48-46-44-42-40-37-28-26-24-22-20-18-16-14-12-10-8-6-4-2)66-98-82-78(96)75(93)80(70(64-87)100-82)103-84-79(97)76(94)81(71(65-88)101-84)102-83-77(95)74(92)73(91)69(63-86)99-83/h6,8,12,14,18,20,24,26,37,40,59,61,67-71,73-84,86-89,91-97H,3-5,7,9-11,13,15-17,19,21-23,25,27-36,38-39,41-58,60,62-66H2,1-2H3,(H,85,90)/b8-6-,14-12-,20-18-,26-24-,40-37-,61-59+. The average molecular weight is 1460 g/mol. The summed E-state index contributed by atoms with van der Waals surface area (Å²) < 4.78 is 34.5. The second-order valence-electron chi connectivity index (χ2n) is 29.6. The Morgan fingerprint density at radius 3 is 1.05 bits per heavy atom. The Hall–Kier alpha value is -2.77. The average Bonchev–Trinajstić information content (AvgIpc) is 0.781. The Balaban J connectivity index is 1.36. The lowest BCUT2D eigenvalue weighted by Crippen LogP contribution is -2.66. The van der Waals surface area contributed by atoms with E-state index in [1.807, 2.05) is 6.08 Å². The minimum absolute atomic E-state index is 0.233. The first-order valence-electron chi connectivity index (χ1n) is 41.7. The molecule has 0 aromatic carbocycles. The molecule has 103 heavy (non-hydrogen) atoms. The zero-order chi connectivity index (χ0) is 74.6. The van der Waals surface area contributed by atoms with E-state index in [2.05, 4.69) is 79.9 Å². The van der Waals surface area contributed by atoms with Gasteiger partial charge in [-0.1, -0.05) is 324 Å². The van der Waals surface area contributed by atoms with Crippen molar-refractivity contribution >= 4 is 5.91 Å². The first-order chi connectivity index (χ1) is 50.3. The molecule has 19 nitrogen and oxygen atoms in total. The van der Waals surface area contributed by atoms with Crippen molar-refractivity contribution in [3.63, 3.8) is 0 Å². The molecule has 0 aliphatic carbocycles. The second-order valence-corrected chi connectivity index (χ2v) is 29.6. The number of amides is 1. The molecule has 3 rings (SSSR count). The molecule has 0 bridgehead atoms. The molecule has 600 valence electrons. The highest BCUT2D eigenvalue weighted by Gasteiger charge is 2.54. The highest BCUT2D eigenvalue weighted by atomic mass is 16.8. The van der Waals surface area contributed by atoms with Crippen LogP contribution in [0.4, 0.5) is 0 Å². The van der Waals surface area contributed by atoms with E-state index < -0.39 is 124 Å². The topological polar surface area (TPSA) is 307 Å². The van der Waals surface area contributed by atoms with Gasteiger partial charge in [0.05, 0.1) is 38.6 Å². The van der Waals surface area contributed by atoms with Gasteiger partial charge in [-0.3, -0.25) is 4.79 Å². The fraction of sp³-hybridized carbons (Fsp3) is 0.845. The molecule has 0 saturated carbocycles. The van der Waals surface area contributed by atoms with E-state index in [1.54, 1.807) is 6.08 Å². The summed E-state index contributed by atoms with van der Waals surface area (Å²) in [6.07, 6.45) is 57.5. The zero-order valence-electron chi connectivity index (χ0n) is 64.3. The summed E-state index contributed by atoms with van der Waals surface area (Å²) in [4.78, 5) is 13.5. The van der Waals surface area contributed by atoms with E-state index in [0.29, 0.717) is 6.42 Å². The Morgan fingerprint density at radius 1 is 0.359 bits per heavy atom. The number of carbonyl (C=O) groups is 1. The summed E-state index contributed by atoms with van der Waals surface area (Å²) in [5, 5.41) is 121. The largest absolute Gasteiger partial charge is 0.394 e. The number of unbranched alkanes of at least 4 members (excludes halogenated alkanes) is 40.